The molecule has 0 radical (unpaired) electrons. The highest BCUT2D eigenvalue weighted by molar-refractivity contribution is 8.00. The van der Waals surface area contributed by atoms with Crippen molar-refractivity contribution in [1.29, 1.82) is 0 Å². The smallest absolute Gasteiger partial charge is 0.230 e. The van der Waals surface area contributed by atoms with Crippen molar-refractivity contribution in [3.63, 3.8) is 0 Å². The molecule has 112 valence electrons. The standard InChI is InChI=1S/C14H23N3O2S/c1-9(14-10(2)17-19-11(14)3)16-13(18)8-20-12-4-6-15-7-5-12/h9,12,15H,4-8H2,1-3H3,(H,16,18). The summed E-state index contributed by atoms with van der Waals surface area (Å²) in [5.74, 6) is 1.39. The highest BCUT2D eigenvalue weighted by atomic mass is 32.2. The SMILES string of the molecule is Cc1noc(C)c1C(C)NC(=O)CSC1CCNCC1. The number of hydrogen-bond donors (Lipinski definition) is 2. The number of aromatic nitrogens is 1. The van der Waals surface area contributed by atoms with Crippen LogP contribution >= 0.6 is 11.8 Å². The monoisotopic (exact) mass is 297 g/mol. The van der Waals surface area contributed by atoms with E-state index in [1.807, 2.05) is 20.8 Å². The first kappa shape index (κ1) is 15.4. The van der Waals surface area contributed by atoms with Crippen molar-refractivity contribution in [2.45, 2.75) is 44.9 Å². The second-order valence-corrected chi connectivity index (χ2v) is 6.58. The molecule has 1 aromatic heterocycles. The second-order valence-electron chi connectivity index (χ2n) is 5.29. The van der Waals surface area contributed by atoms with Gasteiger partial charge in [-0.15, -0.1) is 11.8 Å². The Hall–Kier alpha value is -1.01. The Morgan fingerprint density at radius 2 is 2.20 bits per heavy atom. The van der Waals surface area contributed by atoms with E-state index in [1.54, 1.807) is 11.8 Å². The largest absolute Gasteiger partial charge is 0.361 e. The van der Waals surface area contributed by atoms with Crippen LogP contribution in [0.2, 0.25) is 0 Å². The van der Waals surface area contributed by atoms with Gasteiger partial charge in [0.15, 0.2) is 0 Å². The molecule has 5 nitrogen and oxygen atoms in total. The van der Waals surface area contributed by atoms with Crippen molar-refractivity contribution in [1.82, 2.24) is 15.8 Å². The Morgan fingerprint density at radius 1 is 1.50 bits per heavy atom. The summed E-state index contributed by atoms with van der Waals surface area (Å²) >= 11 is 1.76. The van der Waals surface area contributed by atoms with E-state index in [0.29, 0.717) is 11.0 Å². The predicted molar refractivity (Wildman–Crippen MR) is 80.9 cm³/mol. The zero-order valence-corrected chi connectivity index (χ0v) is 13.2. The van der Waals surface area contributed by atoms with Crippen molar-refractivity contribution in [3.05, 3.63) is 17.0 Å². The highest BCUT2D eigenvalue weighted by Gasteiger charge is 2.19. The van der Waals surface area contributed by atoms with Gasteiger partial charge < -0.3 is 15.2 Å². The molecule has 2 heterocycles. The summed E-state index contributed by atoms with van der Waals surface area (Å²) in [5, 5.41) is 10.9. The third kappa shape index (κ3) is 3.99. The maximum atomic E-state index is 12.0. The minimum Gasteiger partial charge on any atom is -0.361 e. The van der Waals surface area contributed by atoms with Crippen molar-refractivity contribution >= 4 is 17.7 Å². The van der Waals surface area contributed by atoms with Crippen LogP contribution in [-0.4, -0.2) is 35.2 Å². The van der Waals surface area contributed by atoms with Crippen LogP contribution in [0.15, 0.2) is 4.52 Å². The molecule has 1 aliphatic heterocycles. The zero-order chi connectivity index (χ0) is 14.5. The number of carbonyl (C=O) groups excluding carboxylic acids is 1. The van der Waals surface area contributed by atoms with Crippen LogP contribution in [0.4, 0.5) is 0 Å². The average molecular weight is 297 g/mol. The van der Waals surface area contributed by atoms with Crippen molar-refractivity contribution in [3.8, 4) is 0 Å². The van der Waals surface area contributed by atoms with E-state index in [2.05, 4.69) is 15.8 Å². The van der Waals surface area contributed by atoms with Crippen molar-refractivity contribution in [2.24, 2.45) is 0 Å². The number of piperidine rings is 1. The Labute approximate surface area is 124 Å². The number of aryl methyl sites for hydroxylation is 2. The summed E-state index contributed by atoms with van der Waals surface area (Å²) in [6, 6.07) is -0.0534. The lowest BCUT2D eigenvalue weighted by molar-refractivity contribution is -0.119. The van der Waals surface area contributed by atoms with E-state index < -0.39 is 0 Å². The first-order chi connectivity index (χ1) is 9.58. The summed E-state index contributed by atoms with van der Waals surface area (Å²) in [4.78, 5) is 12.0. The average Bonchev–Trinajstić information content (AvgIpc) is 2.77. The molecule has 1 atom stereocenters. The van der Waals surface area contributed by atoms with Gasteiger partial charge in [-0.3, -0.25) is 4.79 Å². The summed E-state index contributed by atoms with van der Waals surface area (Å²) < 4.78 is 5.14. The molecule has 1 amide bonds. The Bertz CT molecular complexity index is 436. The van der Waals surface area contributed by atoms with Gasteiger partial charge in [-0.1, -0.05) is 5.16 Å². The molecule has 1 aliphatic rings. The number of thioether (sulfide) groups is 1. The van der Waals surface area contributed by atoms with E-state index in [0.717, 1.165) is 42.9 Å². The lowest BCUT2D eigenvalue weighted by atomic mass is 10.1. The Morgan fingerprint density at radius 3 is 2.80 bits per heavy atom. The van der Waals surface area contributed by atoms with E-state index in [1.165, 1.54) is 0 Å². The number of amides is 1. The third-order valence-corrected chi connectivity index (χ3v) is 5.01. The number of nitrogens with zero attached hydrogens (tertiary/aromatic N) is 1. The lowest BCUT2D eigenvalue weighted by Crippen LogP contribution is -2.32. The first-order valence-corrected chi connectivity index (χ1v) is 8.17. The minimum atomic E-state index is -0.0534. The van der Waals surface area contributed by atoms with E-state index in [9.17, 15) is 4.79 Å². The van der Waals surface area contributed by atoms with Gasteiger partial charge in [-0.25, -0.2) is 0 Å². The molecule has 1 aromatic rings. The number of nitrogens with one attached hydrogen (secondary N) is 2. The predicted octanol–water partition coefficient (Wildman–Crippen LogP) is 1.95. The molecule has 2 N–H and O–H groups in total. The van der Waals surface area contributed by atoms with Gasteiger partial charge in [0.2, 0.25) is 5.91 Å². The van der Waals surface area contributed by atoms with Gasteiger partial charge in [0.25, 0.3) is 0 Å². The molecule has 0 aromatic carbocycles. The van der Waals surface area contributed by atoms with Gasteiger partial charge in [-0.2, -0.15) is 0 Å². The molecular weight excluding hydrogens is 274 g/mol. The second kappa shape index (κ2) is 7.13. The van der Waals surface area contributed by atoms with Crippen molar-refractivity contribution in [2.75, 3.05) is 18.8 Å². The highest BCUT2D eigenvalue weighted by Crippen LogP contribution is 2.22. The molecule has 1 unspecified atom stereocenters. The molecule has 1 saturated heterocycles. The van der Waals surface area contributed by atoms with Crippen LogP contribution in [-0.2, 0) is 4.79 Å². The van der Waals surface area contributed by atoms with Gasteiger partial charge in [-0.05, 0) is 46.7 Å². The maximum absolute atomic E-state index is 12.0. The molecular formula is C14H23N3O2S. The summed E-state index contributed by atoms with van der Waals surface area (Å²) in [6.45, 7) is 7.88. The van der Waals surface area contributed by atoms with Gasteiger partial charge >= 0.3 is 0 Å². The quantitative estimate of drug-likeness (QED) is 0.869. The molecule has 0 spiro atoms. The summed E-state index contributed by atoms with van der Waals surface area (Å²) in [6.07, 6.45) is 2.30. The normalized spacial score (nSPS) is 17.9. The number of hydrogen-bond acceptors (Lipinski definition) is 5. The van der Waals surface area contributed by atoms with Crippen LogP contribution in [0.1, 0.15) is 42.8 Å². The fourth-order valence-corrected chi connectivity index (χ4v) is 3.66. The van der Waals surface area contributed by atoms with Crippen LogP contribution in [0, 0.1) is 13.8 Å². The molecule has 0 bridgehead atoms. The molecule has 20 heavy (non-hydrogen) atoms. The minimum absolute atomic E-state index is 0.0534. The lowest BCUT2D eigenvalue weighted by Gasteiger charge is -2.22. The first-order valence-electron chi connectivity index (χ1n) is 7.12. The fraction of sp³-hybridized carbons (Fsp3) is 0.714. The van der Waals surface area contributed by atoms with Gasteiger partial charge in [0, 0.05) is 10.8 Å². The third-order valence-electron chi connectivity index (χ3n) is 3.64. The molecule has 1 fully saturated rings. The van der Waals surface area contributed by atoms with Gasteiger partial charge in [0.1, 0.15) is 5.76 Å². The molecule has 6 heteroatoms. The van der Waals surface area contributed by atoms with E-state index in [-0.39, 0.29) is 11.9 Å². The van der Waals surface area contributed by atoms with Gasteiger partial charge in [0.05, 0.1) is 17.5 Å². The topological polar surface area (TPSA) is 67.2 Å². The van der Waals surface area contributed by atoms with Crippen LogP contribution in [0.5, 0.6) is 0 Å². The Kier molecular flexibility index (Phi) is 5.48. The number of rotatable bonds is 5. The van der Waals surface area contributed by atoms with Crippen LogP contribution < -0.4 is 10.6 Å². The maximum Gasteiger partial charge on any atom is 0.230 e. The number of carbonyl (C=O) groups is 1. The van der Waals surface area contributed by atoms with E-state index in [4.69, 9.17) is 4.52 Å². The fourth-order valence-electron chi connectivity index (χ4n) is 2.62. The summed E-state index contributed by atoms with van der Waals surface area (Å²) in [7, 11) is 0. The van der Waals surface area contributed by atoms with Crippen molar-refractivity contribution < 1.29 is 9.32 Å². The van der Waals surface area contributed by atoms with E-state index >= 15 is 0 Å². The molecule has 0 aliphatic carbocycles. The van der Waals surface area contributed by atoms with Crippen LogP contribution in [0.3, 0.4) is 0 Å². The Balaban J connectivity index is 1.79. The molecule has 0 saturated carbocycles. The van der Waals surface area contributed by atoms with Crippen LogP contribution in [0.25, 0.3) is 0 Å². The summed E-state index contributed by atoms with van der Waals surface area (Å²) in [5.41, 5.74) is 1.84. The zero-order valence-electron chi connectivity index (χ0n) is 12.4. The molecule has 2 rings (SSSR count).